The minimum absolute atomic E-state index is 0.555. The Morgan fingerprint density at radius 1 is 1.33 bits per heavy atom. The van der Waals surface area contributed by atoms with Crippen molar-refractivity contribution in [2.24, 2.45) is 5.73 Å². The van der Waals surface area contributed by atoms with Crippen molar-refractivity contribution in [3.05, 3.63) is 34.3 Å². The lowest BCUT2D eigenvalue weighted by atomic mass is 10.1. The third-order valence-corrected chi connectivity index (χ3v) is 4.03. The van der Waals surface area contributed by atoms with E-state index in [1.54, 1.807) is 11.3 Å². The molecule has 0 saturated heterocycles. The minimum Gasteiger partial charge on any atom is -0.494 e. The Kier molecular flexibility index (Phi) is 3.99. The number of aromatic nitrogens is 1. The highest BCUT2D eigenvalue weighted by molar-refractivity contribution is 7.15. The molecule has 2 rings (SSSR count). The lowest BCUT2D eigenvalue weighted by molar-refractivity contribution is 0.338. The SMILES string of the molecule is CCOc1ccc(-c2nc(C)c(CN)s2)cc1C. The molecule has 3 nitrogen and oxygen atoms in total. The van der Waals surface area contributed by atoms with E-state index < -0.39 is 0 Å². The second-order valence-electron chi connectivity index (χ2n) is 4.15. The van der Waals surface area contributed by atoms with Crippen LogP contribution in [0.4, 0.5) is 0 Å². The highest BCUT2D eigenvalue weighted by atomic mass is 32.1. The lowest BCUT2D eigenvalue weighted by Gasteiger charge is -2.07. The maximum Gasteiger partial charge on any atom is 0.123 e. The fraction of sp³-hybridized carbons (Fsp3) is 0.357. The highest BCUT2D eigenvalue weighted by Gasteiger charge is 2.09. The van der Waals surface area contributed by atoms with E-state index in [1.807, 2.05) is 19.9 Å². The van der Waals surface area contributed by atoms with Gasteiger partial charge in [0.15, 0.2) is 0 Å². The van der Waals surface area contributed by atoms with Crippen LogP contribution in [0.5, 0.6) is 5.75 Å². The van der Waals surface area contributed by atoms with Gasteiger partial charge in [0.25, 0.3) is 0 Å². The molecule has 0 bridgehead atoms. The molecule has 2 N–H and O–H groups in total. The Bertz CT molecular complexity index is 549. The van der Waals surface area contributed by atoms with E-state index >= 15 is 0 Å². The van der Waals surface area contributed by atoms with Crippen LogP contribution in [0.2, 0.25) is 0 Å². The molecule has 0 spiro atoms. The van der Waals surface area contributed by atoms with Crippen LogP contribution in [-0.4, -0.2) is 11.6 Å². The summed E-state index contributed by atoms with van der Waals surface area (Å²) in [6.07, 6.45) is 0. The number of hydrogen-bond acceptors (Lipinski definition) is 4. The Balaban J connectivity index is 2.35. The number of aryl methyl sites for hydroxylation is 2. The highest BCUT2D eigenvalue weighted by Crippen LogP contribution is 2.30. The number of thiazole rings is 1. The molecular formula is C14H18N2OS. The third-order valence-electron chi connectivity index (χ3n) is 2.80. The Hall–Kier alpha value is -1.39. The first kappa shape index (κ1) is 13.1. The first-order chi connectivity index (χ1) is 8.65. The third kappa shape index (κ3) is 2.54. The zero-order valence-electron chi connectivity index (χ0n) is 11.0. The average Bonchev–Trinajstić information content (AvgIpc) is 2.73. The molecule has 0 aliphatic heterocycles. The summed E-state index contributed by atoms with van der Waals surface area (Å²) in [7, 11) is 0. The Morgan fingerprint density at radius 3 is 2.67 bits per heavy atom. The molecule has 0 aliphatic rings. The molecule has 0 unspecified atom stereocenters. The van der Waals surface area contributed by atoms with Crippen LogP contribution in [0.1, 0.15) is 23.1 Å². The summed E-state index contributed by atoms with van der Waals surface area (Å²) in [4.78, 5) is 5.72. The van der Waals surface area contributed by atoms with Crippen molar-refractivity contribution in [2.45, 2.75) is 27.3 Å². The van der Waals surface area contributed by atoms with Crippen molar-refractivity contribution in [2.75, 3.05) is 6.61 Å². The average molecular weight is 262 g/mol. The summed E-state index contributed by atoms with van der Waals surface area (Å²) >= 11 is 1.66. The van der Waals surface area contributed by atoms with E-state index in [2.05, 4.69) is 24.0 Å². The van der Waals surface area contributed by atoms with Crippen LogP contribution >= 0.6 is 11.3 Å². The second-order valence-corrected chi connectivity index (χ2v) is 5.23. The van der Waals surface area contributed by atoms with Gasteiger partial charge in [0.2, 0.25) is 0 Å². The molecule has 0 radical (unpaired) electrons. The molecule has 0 saturated carbocycles. The topological polar surface area (TPSA) is 48.1 Å². The molecule has 1 heterocycles. The molecule has 2 aromatic rings. The van der Waals surface area contributed by atoms with Gasteiger partial charge in [-0.3, -0.25) is 0 Å². The second kappa shape index (κ2) is 5.50. The first-order valence-electron chi connectivity index (χ1n) is 6.06. The van der Waals surface area contributed by atoms with E-state index in [-0.39, 0.29) is 0 Å². The smallest absolute Gasteiger partial charge is 0.123 e. The van der Waals surface area contributed by atoms with Crippen LogP contribution < -0.4 is 10.5 Å². The van der Waals surface area contributed by atoms with Gasteiger partial charge in [-0.25, -0.2) is 4.98 Å². The van der Waals surface area contributed by atoms with Crippen LogP contribution in [0.15, 0.2) is 18.2 Å². The summed E-state index contributed by atoms with van der Waals surface area (Å²) in [5.74, 6) is 0.938. The van der Waals surface area contributed by atoms with Gasteiger partial charge in [0.1, 0.15) is 10.8 Å². The maximum absolute atomic E-state index is 5.69. The molecule has 18 heavy (non-hydrogen) atoms. The summed E-state index contributed by atoms with van der Waals surface area (Å²) in [6, 6.07) is 6.17. The molecule has 1 aromatic heterocycles. The number of rotatable bonds is 4. The van der Waals surface area contributed by atoms with Crippen molar-refractivity contribution in [3.63, 3.8) is 0 Å². The fourth-order valence-electron chi connectivity index (χ4n) is 1.84. The number of hydrogen-bond donors (Lipinski definition) is 1. The lowest BCUT2D eigenvalue weighted by Crippen LogP contribution is -1.94. The summed E-state index contributed by atoms with van der Waals surface area (Å²) in [5.41, 5.74) is 8.98. The van der Waals surface area contributed by atoms with E-state index in [9.17, 15) is 0 Å². The van der Waals surface area contributed by atoms with Crippen molar-refractivity contribution in [1.29, 1.82) is 0 Å². The van der Waals surface area contributed by atoms with Gasteiger partial charge in [0.05, 0.1) is 12.3 Å². The van der Waals surface area contributed by atoms with Crippen molar-refractivity contribution in [1.82, 2.24) is 4.98 Å². The van der Waals surface area contributed by atoms with Crippen molar-refractivity contribution < 1.29 is 4.74 Å². The molecule has 0 atom stereocenters. The molecule has 1 aromatic carbocycles. The molecule has 96 valence electrons. The van der Waals surface area contributed by atoms with Crippen molar-refractivity contribution >= 4 is 11.3 Å². The van der Waals surface area contributed by atoms with Gasteiger partial charge in [0, 0.05) is 17.0 Å². The van der Waals surface area contributed by atoms with Crippen LogP contribution in [0.25, 0.3) is 10.6 Å². The predicted molar refractivity (Wildman–Crippen MR) is 76.1 cm³/mol. The molecular weight excluding hydrogens is 244 g/mol. The fourth-order valence-corrected chi connectivity index (χ4v) is 2.78. The van der Waals surface area contributed by atoms with Gasteiger partial charge >= 0.3 is 0 Å². The first-order valence-corrected chi connectivity index (χ1v) is 6.87. The zero-order chi connectivity index (χ0) is 13.1. The van der Waals surface area contributed by atoms with Gasteiger partial charge in [-0.05, 0) is 44.5 Å². The quantitative estimate of drug-likeness (QED) is 0.919. The summed E-state index contributed by atoms with van der Waals surface area (Å²) in [6.45, 7) is 7.29. The summed E-state index contributed by atoms with van der Waals surface area (Å²) < 4.78 is 5.54. The predicted octanol–water partition coefficient (Wildman–Crippen LogP) is 3.28. The monoisotopic (exact) mass is 262 g/mol. The zero-order valence-corrected chi connectivity index (χ0v) is 11.8. The van der Waals surface area contributed by atoms with E-state index in [0.29, 0.717) is 13.2 Å². The maximum atomic E-state index is 5.69. The van der Waals surface area contributed by atoms with Gasteiger partial charge in [-0.2, -0.15) is 0 Å². The number of ether oxygens (including phenoxy) is 1. The van der Waals surface area contributed by atoms with Gasteiger partial charge in [-0.1, -0.05) is 0 Å². The normalized spacial score (nSPS) is 10.7. The van der Waals surface area contributed by atoms with Crippen LogP contribution in [0.3, 0.4) is 0 Å². The van der Waals surface area contributed by atoms with Crippen LogP contribution in [-0.2, 0) is 6.54 Å². The van der Waals surface area contributed by atoms with Gasteiger partial charge < -0.3 is 10.5 Å². The summed E-state index contributed by atoms with van der Waals surface area (Å²) in [5, 5.41) is 1.03. The Morgan fingerprint density at radius 2 is 2.11 bits per heavy atom. The minimum atomic E-state index is 0.555. The van der Waals surface area contributed by atoms with E-state index in [1.165, 1.54) is 0 Å². The molecule has 0 fully saturated rings. The van der Waals surface area contributed by atoms with Gasteiger partial charge in [-0.15, -0.1) is 11.3 Å². The standard InChI is InChI=1S/C14H18N2OS/c1-4-17-12-6-5-11(7-9(12)2)14-16-10(3)13(8-15)18-14/h5-7H,4,8,15H2,1-3H3. The molecule has 4 heteroatoms. The van der Waals surface area contributed by atoms with Crippen molar-refractivity contribution in [3.8, 4) is 16.3 Å². The largest absolute Gasteiger partial charge is 0.494 e. The Labute approximate surface area is 112 Å². The number of nitrogens with zero attached hydrogens (tertiary/aromatic N) is 1. The molecule has 0 amide bonds. The number of benzene rings is 1. The van der Waals surface area contributed by atoms with Crippen LogP contribution in [0, 0.1) is 13.8 Å². The van der Waals surface area contributed by atoms with E-state index in [4.69, 9.17) is 10.5 Å². The number of nitrogens with two attached hydrogens (primary N) is 1. The van der Waals surface area contributed by atoms with E-state index in [0.717, 1.165) is 32.5 Å². The molecule has 0 aliphatic carbocycles.